The van der Waals surface area contributed by atoms with Crippen molar-refractivity contribution in [3.8, 4) is 22.8 Å². The number of aryl methyl sites for hydroxylation is 1. The lowest BCUT2D eigenvalue weighted by Gasteiger charge is -2.07. The normalized spacial score (nSPS) is 11.2. The van der Waals surface area contributed by atoms with Crippen LogP contribution in [-0.2, 0) is 11.2 Å². The van der Waals surface area contributed by atoms with Crippen LogP contribution in [0.4, 0.5) is 5.69 Å². The van der Waals surface area contributed by atoms with Crippen molar-refractivity contribution in [2.75, 3.05) is 5.32 Å². The molecule has 0 aliphatic carbocycles. The minimum absolute atomic E-state index is 0.145. The van der Waals surface area contributed by atoms with Gasteiger partial charge in [-0.3, -0.25) is 10.1 Å². The van der Waals surface area contributed by atoms with Crippen LogP contribution in [0.3, 0.4) is 0 Å². The van der Waals surface area contributed by atoms with Gasteiger partial charge in [-0.25, -0.2) is 4.98 Å². The number of aromatic nitrogens is 1. The number of carbonyl (C=O) groups excluding carboxylic acids is 1. The first-order valence-electron chi connectivity index (χ1n) is 11.7. The number of hydrogen-bond acceptors (Lipinski definition) is 5. The number of nitrogens with one attached hydrogen (secondary N) is 2. The van der Waals surface area contributed by atoms with Crippen molar-refractivity contribution in [2.24, 2.45) is 0 Å². The van der Waals surface area contributed by atoms with Gasteiger partial charge in [-0.1, -0.05) is 42.3 Å². The Labute approximate surface area is 234 Å². The zero-order valence-corrected chi connectivity index (χ0v) is 22.5. The van der Waals surface area contributed by atoms with Gasteiger partial charge in [-0.2, -0.15) is 0 Å². The number of oxazole rings is 1. The van der Waals surface area contributed by atoms with Crippen LogP contribution in [0, 0.1) is 0 Å². The Morgan fingerprint density at radius 3 is 2.45 bits per heavy atom. The predicted molar refractivity (Wildman–Crippen MR) is 156 cm³/mol. The van der Waals surface area contributed by atoms with E-state index in [1.165, 1.54) is 11.6 Å². The molecule has 3 aromatic carbocycles. The molecule has 2 heterocycles. The van der Waals surface area contributed by atoms with Crippen LogP contribution in [0.1, 0.15) is 18.2 Å². The Bertz CT molecular complexity index is 1650. The van der Waals surface area contributed by atoms with E-state index in [4.69, 9.17) is 44.3 Å². The Kier molecular flexibility index (Phi) is 7.60. The third kappa shape index (κ3) is 6.14. The maximum absolute atomic E-state index is 12.4. The van der Waals surface area contributed by atoms with E-state index in [0.29, 0.717) is 44.2 Å². The van der Waals surface area contributed by atoms with Gasteiger partial charge in [-0.05, 0) is 90.9 Å². The third-order valence-electron chi connectivity index (χ3n) is 5.66. The third-order valence-corrected chi connectivity index (χ3v) is 6.30. The molecule has 0 radical (unpaired) electrons. The van der Waals surface area contributed by atoms with Crippen LogP contribution >= 0.6 is 35.4 Å². The fourth-order valence-corrected chi connectivity index (χ4v) is 4.52. The number of furan rings is 1. The molecule has 5 aromatic rings. The number of fused-ring (bicyclic) bond motifs is 1. The first-order valence-corrected chi connectivity index (χ1v) is 12.9. The smallest absolute Gasteiger partial charge is 0.250 e. The summed E-state index contributed by atoms with van der Waals surface area (Å²) in [6.07, 6.45) is 3.85. The molecule has 0 spiro atoms. The summed E-state index contributed by atoms with van der Waals surface area (Å²) < 4.78 is 11.7. The summed E-state index contributed by atoms with van der Waals surface area (Å²) in [6, 6.07) is 22.2. The number of amides is 1. The van der Waals surface area contributed by atoms with Gasteiger partial charge in [0, 0.05) is 32.9 Å². The van der Waals surface area contributed by atoms with Crippen LogP contribution in [0.2, 0.25) is 10.0 Å². The van der Waals surface area contributed by atoms with E-state index >= 15 is 0 Å². The van der Waals surface area contributed by atoms with E-state index < -0.39 is 5.91 Å². The van der Waals surface area contributed by atoms with E-state index in [0.717, 1.165) is 17.5 Å². The number of rotatable bonds is 6. The van der Waals surface area contributed by atoms with E-state index in [9.17, 15) is 4.79 Å². The quantitative estimate of drug-likeness (QED) is 0.161. The van der Waals surface area contributed by atoms with Gasteiger partial charge in [0.15, 0.2) is 10.7 Å². The highest BCUT2D eigenvalue weighted by Crippen LogP contribution is 2.29. The van der Waals surface area contributed by atoms with Crippen LogP contribution in [-0.4, -0.2) is 16.0 Å². The molecule has 2 aromatic heterocycles. The zero-order chi connectivity index (χ0) is 26.6. The van der Waals surface area contributed by atoms with Crippen molar-refractivity contribution in [2.45, 2.75) is 13.3 Å². The van der Waals surface area contributed by atoms with Gasteiger partial charge in [0.25, 0.3) is 0 Å². The van der Waals surface area contributed by atoms with Crippen molar-refractivity contribution in [3.05, 3.63) is 100 Å². The number of halogens is 2. The number of anilines is 1. The molecule has 9 heteroatoms. The highest BCUT2D eigenvalue weighted by atomic mass is 35.5. The molecule has 2 N–H and O–H groups in total. The molecule has 190 valence electrons. The van der Waals surface area contributed by atoms with Crippen LogP contribution in [0.5, 0.6) is 0 Å². The molecule has 0 aliphatic heterocycles. The maximum atomic E-state index is 12.4. The van der Waals surface area contributed by atoms with Crippen molar-refractivity contribution in [3.63, 3.8) is 0 Å². The Balaban J connectivity index is 1.20. The van der Waals surface area contributed by atoms with Crippen molar-refractivity contribution in [1.29, 1.82) is 0 Å². The Morgan fingerprint density at radius 1 is 0.947 bits per heavy atom. The monoisotopic (exact) mass is 561 g/mol. The molecule has 6 nitrogen and oxygen atoms in total. The molecule has 0 fully saturated rings. The van der Waals surface area contributed by atoms with E-state index in [2.05, 4.69) is 34.7 Å². The predicted octanol–water partition coefficient (Wildman–Crippen LogP) is 8.15. The second-order valence-corrected chi connectivity index (χ2v) is 9.67. The molecule has 1 amide bonds. The summed E-state index contributed by atoms with van der Waals surface area (Å²) in [6.45, 7) is 2.11. The van der Waals surface area contributed by atoms with E-state index in [1.54, 1.807) is 48.5 Å². The lowest BCUT2D eigenvalue weighted by atomic mass is 10.1. The van der Waals surface area contributed by atoms with E-state index in [1.807, 2.05) is 18.2 Å². The van der Waals surface area contributed by atoms with Crippen LogP contribution < -0.4 is 10.6 Å². The minimum Gasteiger partial charge on any atom is -0.457 e. The zero-order valence-electron chi connectivity index (χ0n) is 20.1. The van der Waals surface area contributed by atoms with Crippen molar-refractivity contribution < 1.29 is 13.6 Å². The second-order valence-electron chi connectivity index (χ2n) is 8.39. The summed E-state index contributed by atoms with van der Waals surface area (Å²) in [5.41, 5.74) is 4.89. The number of carbonyl (C=O) groups is 1. The Morgan fingerprint density at radius 2 is 1.71 bits per heavy atom. The largest absolute Gasteiger partial charge is 0.457 e. The molecule has 5 rings (SSSR count). The van der Waals surface area contributed by atoms with Crippen LogP contribution in [0.15, 0.2) is 87.7 Å². The minimum atomic E-state index is -0.411. The summed E-state index contributed by atoms with van der Waals surface area (Å²) in [4.78, 5) is 17.0. The summed E-state index contributed by atoms with van der Waals surface area (Å²) in [7, 11) is 0. The van der Waals surface area contributed by atoms with Gasteiger partial charge in [0.1, 0.15) is 17.0 Å². The molecule has 0 saturated carbocycles. The summed E-state index contributed by atoms with van der Waals surface area (Å²) in [5, 5.41) is 6.77. The molecule has 38 heavy (non-hydrogen) atoms. The summed E-state index contributed by atoms with van der Waals surface area (Å²) in [5.74, 6) is 1.20. The Hall–Kier alpha value is -3.91. The lowest BCUT2D eigenvalue weighted by Crippen LogP contribution is -2.32. The molecular weight excluding hydrogens is 541 g/mol. The molecule has 0 aliphatic rings. The number of nitrogens with zero attached hydrogens (tertiary/aromatic N) is 1. The number of thiocarbonyl (C=S) groups is 1. The van der Waals surface area contributed by atoms with Crippen LogP contribution in [0.25, 0.3) is 40.0 Å². The second kappa shape index (κ2) is 11.2. The first-order chi connectivity index (χ1) is 18.4. The van der Waals surface area contributed by atoms with Gasteiger partial charge in [-0.15, -0.1) is 0 Å². The number of hydrogen-bond donors (Lipinski definition) is 2. The van der Waals surface area contributed by atoms with Gasteiger partial charge in [0.05, 0.1) is 0 Å². The fraction of sp³-hybridized carbons (Fsp3) is 0.0690. The van der Waals surface area contributed by atoms with Gasteiger partial charge < -0.3 is 14.2 Å². The van der Waals surface area contributed by atoms with Gasteiger partial charge in [0.2, 0.25) is 11.8 Å². The van der Waals surface area contributed by atoms with Crippen molar-refractivity contribution in [1.82, 2.24) is 10.3 Å². The molecule has 0 atom stereocenters. The number of benzene rings is 3. The molecule has 0 bridgehead atoms. The molecule has 0 unspecified atom stereocenters. The SMILES string of the molecule is CCc1ccc(-c2nc3cc(NC(=S)NC(=O)/C=C/c4ccc(-c5cc(Cl)cc(Cl)c5)o4)ccc3o2)cc1. The first kappa shape index (κ1) is 25.7. The highest BCUT2D eigenvalue weighted by Gasteiger charge is 2.11. The molecule has 0 saturated heterocycles. The van der Waals surface area contributed by atoms with Gasteiger partial charge >= 0.3 is 0 Å². The average Bonchev–Trinajstić information content (AvgIpc) is 3.54. The van der Waals surface area contributed by atoms with Crippen molar-refractivity contribution >= 4 is 69.3 Å². The standard InChI is InChI=1S/C29H21Cl2N3O3S/c1-2-17-3-5-18(6-4-17)28-33-24-16-22(7-10-26(24)37-28)32-29(38)34-27(35)12-9-23-8-11-25(36-23)19-13-20(30)15-21(31)14-19/h3-16H,2H2,1H3,(H2,32,34,35,38)/b12-9+. The summed E-state index contributed by atoms with van der Waals surface area (Å²) >= 11 is 17.4. The fourth-order valence-electron chi connectivity index (χ4n) is 3.78. The maximum Gasteiger partial charge on any atom is 0.250 e. The highest BCUT2D eigenvalue weighted by molar-refractivity contribution is 7.80. The van der Waals surface area contributed by atoms with E-state index in [-0.39, 0.29) is 5.11 Å². The molecular formula is C29H21Cl2N3O3S. The average molecular weight is 562 g/mol. The lowest BCUT2D eigenvalue weighted by molar-refractivity contribution is -0.115. The topological polar surface area (TPSA) is 80.3 Å².